The van der Waals surface area contributed by atoms with Gasteiger partial charge in [0.25, 0.3) is 0 Å². The van der Waals surface area contributed by atoms with Crippen LogP contribution in [0.5, 0.6) is 0 Å². The second-order valence-electron chi connectivity index (χ2n) is 4.21. The molecule has 0 spiro atoms. The summed E-state index contributed by atoms with van der Waals surface area (Å²) < 4.78 is 5.08. The molecule has 0 saturated heterocycles. The Morgan fingerprint density at radius 3 is 2.72 bits per heavy atom. The molecule has 1 aromatic rings. The van der Waals surface area contributed by atoms with Gasteiger partial charge in [-0.15, -0.1) is 0 Å². The van der Waals surface area contributed by atoms with E-state index >= 15 is 0 Å². The van der Waals surface area contributed by atoms with E-state index in [0.717, 1.165) is 6.42 Å². The highest BCUT2D eigenvalue weighted by Gasteiger charge is 2.09. The van der Waals surface area contributed by atoms with E-state index in [1.54, 1.807) is 0 Å². The van der Waals surface area contributed by atoms with E-state index < -0.39 is 0 Å². The van der Waals surface area contributed by atoms with E-state index in [0.29, 0.717) is 24.7 Å². The second kappa shape index (κ2) is 7.65. The molecule has 0 aliphatic carbocycles. The van der Waals surface area contributed by atoms with Crippen LogP contribution in [-0.2, 0) is 6.42 Å². The molecule has 1 rings (SSSR count). The summed E-state index contributed by atoms with van der Waals surface area (Å²) in [5.74, 6) is 1.56. The number of aryl methyl sites for hydroxylation is 1. The molecular formula is C11H20N4O3. The Kier molecular flexibility index (Phi) is 6.13. The number of urea groups is 1. The Morgan fingerprint density at radius 2 is 2.11 bits per heavy atom. The third-order valence-electron chi connectivity index (χ3n) is 2.25. The van der Waals surface area contributed by atoms with Crippen molar-refractivity contribution in [3.63, 3.8) is 0 Å². The molecule has 0 aliphatic heterocycles. The average Bonchev–Trinajstić information content (AvgIpc) is 2.81. The Hall–Kier alpha value is -1.63. The van der Waals surface area contributed by atoms with Crippen LogP contribution in [0.3, 0.4) is 0 Å². The molecule has 0 atom stereocenters. The first-order valence-electron chi connectivity index (χ1n) is 6.08. The summed E-state index contributed by atoms with van der Waals surface area (Å²) in [5, 5.41) is 17.5. The zero-order chi connectivity index (χ0) is 13.4. The van der Waals surface area contributed by atoms with Gasteiger partial charge in [0.1, 0.15) is 0 Å². The van der Waals surface area contributed by atoms with Crippen molar-refractivity contribution in [3.8, 4) is 0 Å². The number of rotatable bonds is 7. The summed E-state index contributed by atoms with van der Waals surface area (Å²) in [7, 11) is 0. The van der Waals surface area contributed by atoms with E-state index in [-0.39, 0.29) is 25.1 Å². The summed E-state index contributed by atoms with van der Waals surface area (Å²) in [4.78, 5) is 15.4. The molecule has 1 heterocycles. The van der Waals surface area contributed by atoms with Crippen LogP contribution in [0, 0.1) is 0 Å². The predicted octanol–water partition coefficient (Wildman–Crippen LogP) is 0.417. The zero-order valence-corrected chi connectivity index (χ0v) is 10.8. The van der Waals surface area contributed by atoms with Crippen LogP contribution in [0.15, 0.2) is 4.52 Å². The Labute approximate surface area is 106 Å². The van der Waals surface area contributed by atoms with Gasteiger partial charge in [-0.2, -0.15) is 4.98 Å². The van der Waals surface area contributed by atoms with Gasteiger partial charge >= 0.3 is 6.03 Å². The number of hydrogen-bond donors (Lipinski definition) is 3. The van der Waals surface area contributed by atoms with Crippen molar-refractivity contribution < 1.29 is 14.4 Å². The number of aliphatic hydroxyl groups is 1. The molecule has 0 bridgehead atoms. The molecule has 7 heteroatoms. The van der Waals surface area contributed by atoms with Crippen molar-refractivity contribution in [1.29, 1.82) is 0 Å². The molecule has 2 amide bonds. The lowest BCUT2D eigenvalue weighted by Crippen LogP contribution is -2.37. The average molecular weight is 256 g/mol. The van der Waals surface area contributed by atoms with E-state index in [1.165, 1.54) is 0 Å². The maximum absolute atomic E-state index is 11.1. The van der Waals surface area contributed by atoms with Gasteiger partial charge in [-0.1, -0.05) is 19.0 Å². The molecule has 0 saturated carbocycles. The minimum absolute atomic E-state index is 0.0621. The first-order valence-corrected chi connectivity index (χ1v) is 6.08. The molecule has 7 nitrogen and oxygen atoms in total. The maximum atomic E-state index is 11.1. The van der Waals surface area contributed by atoms with E-state index in [9.17, 15) is 4.79 Å². The molecule has 0 aliphatic rings. The number of nitrogens with one attached hydrogen (secondary N) is 2. The van der Waals surface area contributed by atoms with E-state index in [4.69, 9.17) is 9.63 Å². The molecule has 3 N–H and O–H groups in total. The monoisotopic (exact) mass is 256 g/mol. The van der Waals surface area contributed by atoms with Crippen LogP contribution >= 0.6 is 0 Å². The highest BCUT2D eigenvalue weighted by atomic mass is 16.5. The van der Waals surface area contributed by atoms with Crippen molar-refractivity contribution in [2.24, 2.45) is 0 Å². The van der Waals surface area contributed by atoms with E-state index in [2.05, 4.69) is 20.8 Å². The number of amides is 2. The van der Waals surface area contributed by atoms with Crippen molar-refractivity contribution in [1.82, 2.24) is 20.8 Å². The van der Waals surface area contributed by atoms with Crippen LogP contribution in [0.4, 0.5) is 4.79 Å². The molecular weight excluding hydrogens is 236 g/mol. The third kappa shape index (κ3) is 5.13. The Morgan fingerprint density at radius 1 is 1.39 bits per heavy atom. The molecule has 0 fully saturated rings. The van der Waals surface area contributed by atoms with Crippen LogP contribution in [0.2, 0.25) is 0 Å². The van der Waals surface area contributed by atoms with Crippen molar-refractivity contribution >= 4 is 6.03 Å². The Balaban J connectivity index is 2.15. The topological polar surface area (TPSA) is 100 Å². The van der Waals surface area contributed by atoms with Gasteiger partial charge in [0.2, 0.25) is 5.89 Å². The molecule has 18 heavy (non-hydrogen) atoms. The van der Waals surface area contributed by atoms with Gasteiger partial charge in [-0.05, 0) is 6.42 Å². The first-order chi connectivity index (χ1) is 8.63. The lowest BCUT2D eigenvalue weighted by molar-refractivity contribution is 0.234. The van der Waals surface area contributed by atoms with Crippen molar-refractivity contribution in [2.45, 2.75) is 32.6 Å². The minimum atomic E-state index is -0.280. The highest BCUT2D eigenvalue weighted by molar-refractivity contribution is 5.73. The quantitative estimate of drug-likeness (QED) is 0.614. The molecule has 0 radical (unpaired) electrons. The molecule has 0 unspecified atom stereocenters. The third-order valence-corrected chi connectivity index (χ3v) is 2.25. The standard InChI is InChI=1S/C11H20N4O3/c1-8(2)10-14-9(18-15-10)4-3-5-12-11(17)13-6-7-16/h8,16H,3-7H2,1-2H3,(H2,12,13,17). The maximum Gasteiger partial charge on any atom is 0.314 e. The summed E-state index contributed by atoms with van der Waals surface area (Å²) >= 11 is 0. The normalized spacial score (nSPS) is 10.7. The minimum Gasteiger partial charge on any atom is -0.395 e. The van der Waals surface area contributed by atoms with Crippen LogP contribution in [0.25, 0.3) is 0 Å². The van der Waals surface area contributed by atoms with Gasteiger partial charge in [0.15, 0.2) is 5.82 Å². The smallest absolute Gasteiger partial charge is 0.314 e. The summed E-state index contributed by atoms with van der Waals surface area (Å²) in [6.45, 7) is 4.72. The summed E-state index contributed by atoms with van der Waals surface area (Å²) in [6.07, 6.45) is 1.37. The van der Waals surface area contributed by atoms with Gasteiger partial charge in [0.05, 0.1) is 6.61 Å². The molecule has 0 aromatic carbocycles. The van der Waals surface area contributed by atoms with Crippen molar-refractivity contribution in [2.75, 3.05) is 19.7 Å². The number of nitrogens with zero attached hydrogens (tertiary/aromatic N) is 2. The fourth-order valence-electron chi connectivity index (χ4n) is 1.28. The van der Waals surface area contributed by atoms with Gasteiger partial charge in [-0.25, -0.2) is 4.79 Å². The number of aromatic nitrogens is 2. The van der Waals surface area contributed by atoms with Crippen LogP contribution < -0.4 is 10.6 Å². The van der Waals surface area contributed by atoms with Crippen molar-refractivity contribution in [3.05, 3.63) is 11.7 Å². The number of carbonyl (C=O) groups excluding carboxylic acids is 1. The fraction of sp³-hybridized carbons (Fsp3) is 0.727. The number of hydrogen-bond acceptors (Lipinski definition) is 5. The zero-order valence-electron chi connectivity index (χ0n) is 10.8. The van der Waals surface area contributed by atoms with Gasteiger partial charge in [0, 0.05) is 25.4 Å². The van der Waals surface area contributed by atoms with Gasteiger partial charge < -0.3 is 20.3 Å². The predicted molar refractivity (Wildman–Crippen MR) is 65.2 cm³/mol. The van der Waals surface area contributed by atoms with Gasteiger partial charge in [-0.3, -0.25) is 0 Å². The van der Waals surface area contributed by atoms with Crippen LogP contribution in [-0.4, -0.2) is 41.0 Å². The summed E-state index contributed by atoms with van der Waals surface area (Å²) in [6, 6.07) is -0.280. The molecule has 102 valence electrons. The number of aliphatic hydroxyl groups excluding tert-OH is 1. The highest BCUT2D eigenvalue weighted by Crippen LogP contribution is 2.10. The number of carbonyl (C=O) groups is 1. The van der Waals surface area contributed by atoms with E-state index in [1.807, 2.05) is 13.8 Å². The second-order valence-corrected chi connectivity index (χ2v) is 4.21. The summed E-state index contributed by atoms with van der Waals surface area (Å²) in [5.41, 5.74) is 0. The largest absolute Gasteiger partial charge is 0.395 e. The van der Waals surface area contributed by atoms with Crippen LogP contribution in [0.1, 0.15) is 37.9 Å². The fourth-order valence-corrected chi connectivity index (χ4v) is 1.28. The molecule has 1 aromatic heterocycles. The lowest BCUT2D eigenvalue weighted by Gasteiger charge is -2.04. The Bertz CT molecular complexity index is 365. The first kappa shape index (κ1) is 14.4. The lowest BCUT2D eigenvalue weighted by atomic mass is 10.2. The SMILES string of the molecule is CC(C)c1noc(CCCNC(=O)NCCO)n1.